The van der Waals surface area contributed by atoms with E-state index in [-0.39, 0.29) is 0 Å². The van der Waals surface area contributed by atoms with E-state index in [4.69, 9.17) is 13.8 Å². The maximum Gasteiger partial charge on any atom is -0.0352 e. The van der Waals surface area contributed by atoms with E-state index in [1.165, 1.54) is 0 Å². The van der Waals surface area contributed by atoms with Crippen LogP contribution < -0.4 is 0 Å². The summed E-state index contributed by atoms with van der Waals surface area (Å²) in [5, 5.41) is 0. The average molecular weight is 54.1 g/mol. The third-order valence-corrected chi connectivity index (χ3v) is 0.167. The quantitative estimate of drug-likeness (QED) is 0.421. The lowest BCUT2D eigenvalue weighted by atomic mass is 10.4. The van der Waals surface area contributed by atoms with Crippen molar-refractivity contribution in [3.63, 3.8) is 0 Å². The molecule has 0 aromatic rings. The normalized spacial score (nSPS) is 7.50. The van der Waals surface area contributed by atoms with Crippen molar-refractivity contribution in [1.29, 1.82) is 0 Å². The average Bonchev–Trinajstić information content (AvgIpc) is 1.37. The Morgan fingerprint density at radius 3 is 1.25 bits per heavy atom. The van der Waals surface area contributed by atoms with Crippen LogP contribution in [0.15, 0.2) is 0 Å². The van der Waals surface area contributed by atoms with Gasteiger partial charge in [0.15, 0.2) is 0 Å². The van der Waals surface area contributed by atoms with Crippen LogP contribution in [0.2, 0.25) is 0 Å². The Morgan fingerprint density at radius 2 is 1.25 bits per heavy atom. The molecule has 0 nitrogen and oxygen atoms in total. The third-order valence-electron chi connectivity index (χ3n) is 0.167. The second kappa shape index (κ2) is 3.00. The van der Waals surface area contributed by atoms with Crippen LogP contribution in [0.5, 0.6) is 0 Å². The van der Waals surface area contributed by atoms with E-state index in [2.05, 4.69) is 0 Å². The van der Waals surface area contributed by atoms with Crippen LogP contribution in [-0.2, 0) is 0 Å². The zero-order valence-corrected chi connectivity index (χ0v) is 2.57. The highest BCUT2D eigenvalue weighted by Crippen LogP contribution is 1.75. The molecule has 0 aromatic heterocycles. The summed E-state index contributed by atoms with van der Waals surface area (Å²) in [7, 11) is 0. The molecular formula is C4H6. The summed E-state index contributed by atoms with van der Waals surface area (Å²) in [5.74, 6) is 0. The van der Waals surface area contributed by atoms with Gasteiger partial charge in [-0.25, -0.2) is 0 Å². The van der Waals surface area contributed by atoms with Gasteiger partial charge in [0, 0.05) is 0 Å². The molecule has 0 atom stereocenters. The minimum absolute atomic E-state index is 0.597. The fourth-order valence-electron chi connectivity index (χ4n) is 0. The first kappa shape index (κ1) is 4.00. The van der Waals surface area contributed by atoms with Crippen LogP contribution in [0.3, 0.4) is 0 Å². The Morgan fingerprint density at radius 1 is 1.00 bits per heavy atom. The van der Waals surface area contributed by atoms with Gasteiger partial charge in [-0.05, 0) is 26.7 Å². The lowest BCUT2D eigenvalue weighted by Gasteiger charge is -1.66. The second-order valence-corrected chi connectivity index (χ2v) is 0.577. The first-order valence-corrected chi connectivity index (χ1v) is 1.32. The van der Waals surface area contributed by atoms with Gasteiger partial charge in [0.05, 0.1) is 0 Å². The highest BCUT2D eigenvalue weighted by molar-refractivity contribution is 4.38. The molecule has 4 heavy (non-hydrogen) atoms. The predicted molar refractivity (Wildman–Crippen MR) is 17.8 cm³/mol. The van der Waals surface area contributed by atoms with Crippen LogP contribution in [0.4, 0.5) is 0 Å². The Labute approximate surface area is 27.8 Å². The van der Waals surface area contributed by atoms with Crippen molar-refractivity contribution in [1.82, 2.24) is 0 Å². The van der Waals surface area contributed by atoms with E-state index in [9.17, 15) is 0 Å². The van der Waals surface area contributed by atoms with Crippen LogP contribution in [0.25, 0.3) is 0 Å². The molecule has 0 heteroatoms. The Hall–Kier alpha value is 0. The molecule has 22 valence electrons. The Kier molecular flexibility index (Phi) is 3.00. The van der Waals surface area contributed by atoms with Crippen molar-refractivity contribution >= 4 is 0 Å². The van der Waals surface area contributed by atoms with Gasteiger partial charge in [-0.15, -0.1) is 0 Å². The molecule has 0 heterocycles. The molecule has 0 aromatic carbocycles. The summed E-state index contributed by atoms with van der Waals surface area (Å²) < 4.78 is 0. The van der Waals surface area contributed by atoms with E-state index in [1.54, 1.807) is 0 Å². The largest absolute Gasteiger partial charge is 0.0496 e. The molecule has 0 N–H and O–H groups in total. The SMILES string of the molecule is [CH]CC[CH]. The highest BCUT2D eigenvalue weighted by Gasteiger charge is 1.57. The minimum Gasteiger partial charge on any atom is -0.0496 e. The second-order valence-electron chi connectivity index (χ2n) is 0.577. The first-order chi connectivity index (χ1) is 1.91. The molecule has 0 saturated heterocycles. The molecule has 0 saturated carbocycles. The number of hydrogen-bond acceptors (Lipinski definition) is 0. The lowest BCUT2D eigenvalue weighted by Crippen LogP contribution is -1.49. The van der Waals surface area contributed by atoms with Gasteiger partial charge in [-0.3, -0.25) is 0 Å². The van der Waals surface area contributed by atoms with Crippen LogP contribution in [0.1, 0.15) is 12.8 Å². The van der Waals surface area contributed by atoms with Crippen LogP contribution >= 0.6 is 0 Å². The van der Waals surface area contributed by atoms with Crippen molar-refractivity contribution in [2.75, 3.05) is 0 Å². The molecule has 0 rings (SSSR count). The number of unbranched alkanes of at least 4 members (excludes halogenated alkanes) is 1. The zero-order valence-electron chi connectivity index (χ0n) is 2.57. The summed E-state index contributed by atoms with van der Waals surface area (Å²) in [6.45, 7) is 9.81. The van der Waals surface area contributed by atoms with E-state index >= 15 is 0 Å². The molecule has 0 spiro atoms. The van der Waals surface area contributed by atoms with Crippen molar-refractivity contribution in [2.24, 2.45) is 0 Å². The summed E-state index contributed by atoms with van der Waals surface area (Å²) >= 11 is 0. The van der Waals surface area contributed by atoms with Crippen LogP contribution in [0, 0.1) is 13.8 Å². The highest BCUT2D eigenvalue weighted by atomic mass is 13.6. The Bertz CT molecular complexity index is 2.00. The van der Waals surface area contributed by atoms with Gasteiger partial charge < -0.3 is 0 Å². The molecule has 0 bridgehead atoms. The van der Waals surface area contributed by atoms with Gasteiger partial charge in [0.25, 0.3) is 0 Å². The molecule has 0 unspecified atom stereocenters. The minimum atomic E-state index is 0.597. The molecule has 0 fully saturated rings. The maximum atomic E-state index is 4.90. The molecule has 0 amide bonds. The molecule has 4 radical (unpaired) electrons. The lowest BCUT2D eigenvalue weighted by molar-refractivity contribution is 1.05. The zero-order chi connectivity index (χ0) is 3.41. The van der Waals surface area contributed by atoms with Gasteiger partial charge >= 0.3 is 0 Å². The monoisotopic (exact) mass is 54.0 g/mol. The number of rotatable bonds is 1. The summed E-state index contributed by atoms with van der Waals surface area (Å²) in [6, 6.07) is 0. The number of hydrogen-bond donors (Lipinski definition) is 0. The molecular weight excluding hydrogens is 48.0 g/mol. The van der Waals surface area contributed by atoms with Crippen molar-refractivity contribution in [3.05, 3.63) is 13.8 Å². The topological polar surface area (TPSA) is 0 Å². The molecule has 0 aliphatic carbocycles. The van der Waals surface area contributed by atoms with Crippen molar-refractivity contribution in [3.8, 4) is 0 Å². The van der Waals surface area contributed by atoms with Crippen molar-refractivity contribution < 1.29 is 0 Å². The summed E-state index contributed by atoms with van der Waals surface area (Å²) in [6.07, 6.45) is 1.19. The smallest absolute Gasteiger partial charge is 0.0352 e. The predicted octanol–water partition coefficient (Wildman–Crippen LogP) is 1.19. The molecule has 0 aliphatic heterocycles. The standard InChI is InChI=1S/C4H6/c1-3-4-2/h1-2H,3-4H2. The first-order valence-electron chi connectivity index (χ1n) is 1.32. The summed E-state index contributed by atoms with van der Waals surface area (Å²) in [4.78, 5) is 0. The van der Waals surface area contributed by atoms with Gasteiger partial charge in [-0.2, -0.15) is 0 Å². The van der Waals surface area contributed by atoms with E-state index in [0.717, 1.165) is 0 Å². The van der Waals surface area contributed by atoms with E-state index < -0.39 is 0 Å². The van der Waals surface area contributed by atoms with E-state index in [1.807, 2.05) is 0 Å². The summed E-state index contributed by atoms with van der Waals surface area (Å²) in [5.41, 5.74) is 0. The van der Waals surface area contributed by atoms with E-state index in [0.29, 0.717) is 12.8 Å². The van der Waals surface area contributed by atoms with Crippen LogP contribution in [-0.4, -0.2) is 0 Å². The third kappa shape index (κ3) is 2.00. The fourth-order valence-corrected chi connectivity index (χ4v) is 0. The van der Waals surface area contributed by atoms with Gasteiger partial charge in [-0.1, -0.05) is 0 Å². The van der Waals surface area contributed by atoms with Gasteiger partial charge in [0.1, 0.15) is 0 Å². The molecule has 0 aliphatic rings. The van der Waals surface area contributed by atoms with Gasteiger partial charge in [0.2, 0.25) is 0 Å². The fraction of sp³-hybridized carbons (Fsp3) is 0.500. The Balaban J connectivity index is 1.97. The van der Waals surface area contributed by atoms with Crippen molar-refractivity contribution in [2.45, 2.75) is 12.8 Å². The maximum absolute atomic E-state index is 4.90.